The van der Waals surface area contributed by atoms with Crippen LogP contribution in [0.5, 0.6) is 0 Å². The van der Waals surface area contributed by atoms with E-state index < -0.39 is 0 Å². The standard InChI is InChI=1S/C8H13NO/c1-4-5-8(10-3)6-7-9-2/h4-7H,1-3H3/b5-4-,8-6+,9-7?. The second-order valence-electron chi connectivity index (χ2n) is 1.68. The van der Waals surface area contributed by atoms with E-state index in [-0.39, 0.29) is 0 Å². The molecule has 0 aromatic rings. The third-order valence-electron chi connectivity index (χ3n) is 0.955. The van der Waals surface area contributed by atoms with Crippen LogP contribution in [-0.4, -0.2) is 20.4 Å². The average Bonchev–Trinajstić information content (AvgIpc) is 1.98. The van der Waals surface area contributed by atoms with Gasteiger partial charge in [0.2, 0.25) is 0 Å². The smallest absolute Gasteiger partial charge is 0.120 e. The highest BCUT2D eigenvalue weighted by Crippen LogP contribution is 1.94. The van der Waals surface area contributed by atoms with Gasteiger partial charge in [0.25, 0.3) is 0 Å². The molecule has 0 aliphatic rings. The van der Waals surface area contributed by atoms with Crippen LogP contribution in [0.25, 0.3) is 0 Å². The van der Waals surface area contributed by atoms with Gasteiger partial charge >= 0.3 is 0 Å². The van der Waals surface area contributed by atoms with Crippen LogP contribution in [0.3, 0.4) is 0 Å². The maximum Gasteiger partial charge on any atom is 0.120 e. The first kappa shape index (κ1) is 8.95. The van der Waals surface area contributed by atoms with Gasteiger partial charge in [-0.2, -0.15) is 0 Å². The van der Waals surface area contributed by atoms with E-state index in [1.807, 2.05) is 19.1 Å². The molecule has 0 amide bonds. The zero-order chi connectivity index (χ0) is 7.82. The van der Waals surface area contributed by atoms with Crippen LogP contribution in [0, 0.1) is 0 Å². The van der Waals surface area contributed by atoms with Gasteiger partial charge in [0.05, 0.1) is 7.11 Å². The van der Waals surface area contributed by atoms with E-state index in [1.54, 1.807) is 26.4 Å². The molecule has 0 aromatic heterocycles. The maximum absolute atomic E-state index is 4.98. The minimum Gasteiger partial charge on any atom is -0.497 e. The molecular weight excluding hydrogens is 126 g/mol. The number of rotatable bonds is 3. The van der Waals surface area contributed by atoms with Crippen LogP contribution in [0.1, 0.15) is 6.92 Å². The summed E-state index contributed by atoms with van der Waals surface area (Å²) in [5.41, 5.74) is 0. The first-order valence-corrected chi connectivity index (χ1v) is 3.14. The van der Waals surface area contributed by atoms with E-state index >= 15 is 0 Å². The zero-order valence-corrected chi connectivity index (χ0v) is 6.66. The summed E-state index contributed by atoms with van der Waals surface area (Å²) in [6.07, 6.45) is 7.29. The lowest BCUT2D eigenvalue weighted by Crippen LogP contribution is -1.81. The molecule has 2 heteroatoms. The van der Waals surface area contributed by atoms with E-state index in [2.05, 4.69) is 4.99 Å². The summed E-state index contributed by atoms with van der Waals surface area (Å²) in [6.45, 7) is 1.94. The van der Waals surface area contributed by atoms with Gasteiger partial charge in [-0.1, -0.05) is 6.08 Å². The second-order valence-corrected chi connectivity index (χ2v) is 1.68. The molecule has 0 saturated carbocycles. The van der Waals surface area contributed by atoms with E-state index in [4.69, 9.17) is 4.74 Å². The van der Waals surface area contributed by atoms with Gasteiger partial charge < -0.3 is 4.74 Å². The van der Waals surface area contributed by atoms with Gasteiger partial charge in [0.15, 0.2) is 0 Å². The molecule has 0 fully saturated rings. The summed E-state index contributed by atoms with van der Waals surface area (Å²) >= 11 is 0. The summed E-state index contributed by atoms with van der Waals surface area (Å²) in [5, 5.41) is 0. The van der Waals surface area contributed by atoms with Crippen LogP contribution in [-0.2, 0) is 4.74 Å². The highest BCUT2D eigenvalue weighted by molar-refractivity contribution is 5.72. The van der Waals surface area contributed by atoms with Crippen molar-refractivity contribution in [2.75, 3.05) is 14.2 Å². The van der Waals surface area contributed by atoms with Crippen LogP contribution >= 0.6 is 0 Å². The Morgan fingerprint density at radius 1 is 1.50 bits per heavy atom. The Balaban J connectivity index is 4.04. The van der Waals surface area contributed by atoms with E-state index in [9.17, 15) is 0 Å². The minimum atomic E-state index is 0.813. The Labute approximate surface area is 61.9 Å². The SMILES string of the molecule is C/C=C\C(=C/C=NC)OC. The third kappa shape index (κ3) is 3.89. The minimum absolute atomic E-state index is 0.813. The molecule has 0 heterocycles. The van der Waals surface area contributed by atoms with Crippen molar-refractivity contribution in [1.29, 1.82) is 0 Å². The third-order valence-corrected chi connectivity index (χ3v) is 0.955. The van der Waals surface area contributed by atoms with E-state index in [0.717, 1.165) is 5.76 Å². The number of methoxy groups -OCH3 is 1. The molecule has 0 aliphatic heterocycles. The lowest BCUT2D eigenvalue weighted by Gasteiger charge is -1.95. The predicted octanol–water partition coefficient (Wildman–Crippen LogP) is 1.79. The van der Waals surface area contributed by atoms with Gasteiger partial charge in [-0.25, -0.2) is 0 Å². The Bertz CT molecular complexity index is 157. The number of hydrogen-bond acceptors (Lipinski definition) is 2. The topological polar surface area (TPSA) is 21.6 Å². The molecule has 2 nitrogen and oxygen atoms in total. The molecule has 0 N–H and O–H groups in total. The number of hydrogen-bond donors (Lipinski definition) is 0. The summed E-state index contributed by atoms with van der Waals surface area (Å²) < 4.78 is 4.98. The fourth-order valence-electron chi connectivity index (χ4n) is 0.504. The Kier molecular flexibility index (Phi) is 5.44. The van der Waals surface area contributed by atoms with Gasteiger partial charge in [-0.05, 0) is 19.1 Å². The number of nitrogens with zero attached hydrogens (tertiary/aromatic N) is 1. The first-order chi connectivity index (χ1) is 4.85. The Hall–Kier alpha value is -1.05. The van der Waals surface area contributed by atoms with Crippen LogP contribution in [0.2, 0.25) is 0 Å². The lowest BCUT2D eigenvalue weighted by molar-refractivity contribution is 0.307. The molecule has 0 atom stereocenters. The van der Waals surface area contributed by atoms with E-state index in [0.29, 0.717) is 0 Å². The Morgan fingerprint density at radius 2 is 2.20 bits per heavy atom. The summed E-state index contributed by atoms with van der Waals surface area (Å²) in [5.74, 6) is 0.813. The maximum atomic E-state index is 4.98. The molecule has 0 unspecified atom stereocenters. The normalized spacial score (nSPS) is 13.3. The van der Waals surface area contributed by atoms with Gasteiger partial charge in [0, 0.05) is 13.3 Å². The summed E-state index contributed by atoms with van der Waals surface area (Å²) in [4.78, 5) is 3.79. The molecule has 0 bridgehead atoms. The summed E-state index contributed by atoms with van der Waals surface area (Å²) in [6, 6.07) is 0. The van der Waals surface area contributed by atoms with Crippen molar-refractivity contribution in [3.05, 3.63) is 24.0 Å². The summed E-state index contributed by atoms with van der Waals surface area (Å²) in [7, 11) is 3.36. The molecule has 10 heavy (non-hydrogen) atoms. The molecule has 0 rings (SSSR count). The number of ether oxygens (including phenoxy) is 1. The van der Waals surface area contributed by atoms with Crippen molar-refractivity contribution in [2.24, 2.45) is 4.99 Å². The van der Waals surface area contributed by atoms with E-state index in [1.165, 1.54) is 0 Å². The quantitative estimate of drug-likeness (QED) is 0.332. The van der Waals surface area contributed by atoms with Gasteiger partial charge in [0.1, 0.15) is 5.76 Å². The fourth-order valence-corrected chi connectivity index (χ4v) is 0.504. The molecule has 0 aromatic carbocycles. The highest BCUT2D eigenvalue weighted by atomic mass is 16.5. The van der Waals surface area contributed by atoms with Crippen molar-refractivity contribution in [3.8, 4) is 0 Å². The van der Waals surface area contributed by atoms with Gasteiger partial charge in [-0.3, -0.25) is 4.99 Å². The highest BCUT2D eigenvalue weighted by Gasteiger charge is 1.82. The predicted molar refractivity (Wildman–Crippen MR) is 44.3 cm³/mol. The van der Waals surface area contributed by atoms with Crippen molar-refractivity contribution in [1.82, 2.24) is 0 Å². The lowest BCUT2D eigenvalue weighted by atomic mass is 10.4. The molecular formula is C8H13NO. The molecule has 0 radical (unpaired) electrons. The Morgan fingerprint density at radius 3 is 2.60 bits per heavy atom. The molecule has 0 saturated heterocycles. The average molecular weight is 139 g/mol. The van der Waals surface area contributed by atoms with Crippen molar-refractivity contribution < 1.29 is 4.74 Å². The van der Waals surface area contributed by atoms with Crippen molar-refractivity contribution in [2.45, 2.75) is 6.92 Å². The van der Waals surface area contributed by atoms with Gasteiger partial charge in [-0.15, -0.1) is 0 Å². The first-order valence-electron chi connectivity index (χ1n) is 3.14. The fraction of sp³-hybridized carbons (Fsp3) is 0.375. The zero-order valence-electron chi connectivity index (χ0n) is 6.66. The molecule has 0 spiro atoms. The molecule has 0 aliphatic carbocycles. The van der Waals surface area contributed by atoms with Crippen LogP contribution < -0.4 is 0 Å². The molecule has 56 valence electrons. The second kappa shape index (κ2) is 6.08. The van der Waals surface area contributed by atoms with Crippen LogP contribution in [0.15, 0.2) is 29.0 Å². The number of allylic oxidation sites excluding steroid dienone is 3. The monoisotopic (exact) mass is 139 g/mol. The van der Waals surface area contributed by atoms with Crippen LogP contribution in [0.4, 0.5) is 0 Å². The van der Waals surface area contributed by atoms with Crippen molar-refractivity contribution in [3.63, 3.8) is 0 Å². The number of aliphatic imine (C=N–C) groups is 1. The largest absolute Gasteiger partial charge is 0.497 e. The van der Waals surface area contributed by atoms with Crippen molar-refractivity contribution >= 4 is 6.21 Å².